The minimum Gasteiger partial charge on any atom is -0.300 e. The SMILES string of the molecule is N#CCCN1CCN(Cc2ccccc2Cl)CC1. The number of benzene rings is 1. The standard InChI is InChI=1S/C14H18ClN3/c15-14-5-2-1-4-13(14)12-18-10-8-17(9-11-18)7-3-6-16/h1-2,4-5H,3,7-12H2. The van der Waals surface area contributed by atoms with Crippen molar-refractivity contribution in [3.05, 3.63) is 34.9 Å². The van der Waals surface area contributed by atoms with Gasteiger partial charge in [-0.2, -0.15) is 5.26 Å². The fourth-order valence-corrected chi connectivity index (χ4v) is 2.44. The van der Waals surface area contributed by atoms with Crippen molar-refractivity contribution in [3.8, 4) is 6.07 Å². The van der Waals surface area contributed by atoms with Crippen LogP contribution in [0.3, 0.4) is 0 Å². The Labute approximate surface area is 114 Å². The minimum atomic E-state index is 0.629. The van der Waals surface area contributed by atoms with E-state index in [9.17, 15) is 0 Å². The van der Waals surface area contributed by atoms with Gasteiger partial charge in [-0.15, -0.1) is 0 Å². The topological polar surface area (TPSA) is 30.3 Å². The summed E-state index contributed by atoms with van der Waals surface area (Å²) in [5.41, 5.74) is 1.20. The third-order valence-corrected chi connectivity index (χ3v) is 3.73. The molecule has 1 heterocycles. The van der Waals surface area contributed by atoms with Crippen LogP contribution < -0.4 is 0 Å². The van der Waals surface area contributed by atoms with Gasteiger partial charge < -0.3 is 0 Å². The summed E-state index contributed by atoms with van der Waals surface area (Å²) in [4.78, 5) is 4.77. The molecule has 1 aliphatic rings. The van der Waals surface area contributed by atoms with Crippen molar-refractivity contribution in [2.75, 3.05) is 32.7 Å². The lowest BCUT2D eigenvalue weighted by Gasteiger charge is -2.34. The van der Waals surface area contributed by atoms with E-state index in [1.54, 1.807) is 0 Å². The Morgan fingerprint density at radius 2 is 1.78 bits per heavy atom. The molecule has 96 valence electrons. The Morgan fingerprint density at radius 3 is 2.44 bits per heavy atom. The molecule has 0 amide bonds. The normalized spacial score (nSPS) is 17.6. The summed E-state index contributed by atoms with van der Waals surface area (Å²) in [7, 11) is 0. The van der Waals surface area contributed by atoms with Gasteiger partial charge in [0.1, 0.15) is 0 Å². The van der Waals surface area contributed by atoms with E-state index in [1.165, 1.54) is 5.56 Å². The van der Waals surface area contributed by atoms with E-state index >= 15 is 0 Å². The monoisotopic (exact) mass is 263 g/mol. The van der Waals surface area contributed by atoms with E-state index < -0.39 is 0 Å². The summed E-state index contributed by atoms with van der Waals surface area (Å²) in [6.45, 7) is 6.02. The molecule has 1 fully saturated rings. The molecule has 18 heavy (non-hydrogen) atoms. The van der Waals surface area contributed by atoms with Crippen LogP contribution in [0.5, 0.6) is 0 Å². The van der Waals surface area contributed by atoms with Gasteiger partial charge in [-0.3, -0.25) is 9.80 Å². The van der Waals surface area contributed by atoms with Gasteiger partial charge in [0, 0.05) is 50.7 Å². The van der Waals surface area contributed by atoms with Crippen molar-refractivity contribution >= 4 is 11.6 Å². The fourth-order valence-electron chi connectivity index (χ4n) is 2.25. The summed E-state index contributed by atoms with van der Waals surface area (Å²) in [5, 5.41) is 9.42. The van der Waals surface area contributed by atoms with Crippen LogP contribution in [0, 0.1) is 11.3 Å². The number of hydrogen-bond donors (Lipinski definition) is 0. The van der Waals surface area contributed by atoms with Gasteiger partial charge in [-0.05, 0) is 11.6 Å². The molecule has 0 radical (unpaired) electrons. The first-order valence-corrected chi connectivity index (χ1v) is 6.72. The summed E-state index contributed by atoms with van der Waals surface area (Å²) in [6.07, 6.45) is 0.629. The molecule has 0 aliphatic carbocycles. The van der Waals surface area contributed by atoms with Gasteiger partial charge in [-0.25, -0.2) is 0 Å². The highest BCUT2D eigenvalue weighted by molar-refractivity contribution is 6.31. The molecule has 1 aromatic carbocycles. The Bertz CT molecular complexity index is 419. The van der Waals surface area contributed by atoms with Crippen molar-refractivity contribution in [3.63, 3.8) is 0 Å². The number of hydrogen-bond acceptors (Lipinski definition) is 3. The molecule has 2 rings (SSSR count). The van der Waals surface area contributed by atoms with Gasteiger partial charge in [0.05, 0.1) is 6.07 Å². The van der Waals surface area contributed by atoms with Gasteiger partial charge in [-0.1, -0.05) is 29.8 Å². The lowest BCUT2D eigenvalue weighted by molar-refractivity contribution is 0.129. The quantitative estimate of drug-likeness (QED) is 0.836. The van der Waals surface area contributed by atoms with Crippen molar-refractivity contribution in [2.24, 2.45) is 0 Å². The first-order chi connectivity index (χ1) is 8.79. The molecule has 0 spiro atoms. The Balaban J connectivity index is 1.80. The second-order valence-corrected chi connectivity index (χ2v) is 5.02. The molecular formula is C14H18ClN3. The number of halogens is 1. The van der Waals surface area contributed by atoms with E-state index in [0.29, 0.717) is 6.42 Å². The molecule has 0 atom stereocenters. The van der Waals surface area contributed by atoms with Crippen molar-refractivity contribution in [1.29, 1.82) is 5.26 Å². The average molecular weight is 264 g/mol. The second-order valence-electron chi connectivity index (χ2n) is 4.62. The van der Waals surface area contributed by atoms with Crippen LogP contribution >= 0.6 is 11.6 Å². The number of rotatable bonds is 4. The molecule has 1 aromatic rings. The van der Waals surface area contributed by atoms with Crippen LogP contribution in [0.25, 0.3) is 0 Å². The Morgan fingerprint density at radius 1 is 1.11 bits per heavy atom. The molecule has 4 heteroatoms. The number of piperazine rings is 1. The lowest BCUT2D eigenvalue weighted by atomic mass is 10.2. The Hall–Kier alpha value is -1.08. The highest BCUT2D eigenvalue weighted by Crippen LogP contribution is 2.17. The molecule has 0 N–H and O–H groups in total. The minimum absolute atomic E-state index is 0.629. The zero-order chi connectivity index (χ0) is 12.8. The van der Waals surface area contributed by atoms with Crippen LogP contribution in [-0.2, 0) is 6.54 Å². The first kappa shape index (κ1) is 13.4. The van der Waals surface area contributed by atoms with E-state index in [4.69, 9.17) is 16.9 Å². The first-order valence-electron chi connectivity index (χ1n) is 6.34. The highest BCUT2D eigenvalue weighted by Gasteiger charge is 2.16. The number of nitrogens with zero attached hydrogens (tertiary/aromatic N) is 3. The van der Waals surface area contributed by atoms with Gasteiger partial charge in [0.2, 0.25) is 0 Å². The van der Waals surface area contributed by atoms with Crippen molar-refractivity contribution < 1.29 is 0 Å². The maximum Gasteiger partial charge on any atom is 0.0635 e. The van der Waals surface area contributed by atoms with Crippen LogP contribution in [0.1, 0.15) is 12.0 Å². The zero-order valence-electron chi connectivity index (χ0n) is 10.5. The molecular weight excluding hydrogens is 246 g/mol. The maximum absolute atomic E-state index is 8.57. The van der Waals surface area contributed by atoms with Gasteiger partial charge in [0.15, 0.2) is 0 Å². The molecule has 1 saturated heterocycles. The van der Waals surface area contributed by atoms with Crippen LogP contribution in [0.15, 0.2) is 24.3 Å². The van der Waals surface area contributed by atoms with Gasteiger partial charge in [0.25, 0.3) is 0 Å². The molecule has 0 unspecified atom stereocenters. The summed E-state index contributed by atoms with van der Waals surface area (Å²) < 4.78 is 0. The zero-order valence-corrected chi connectivity index (χ0v) is 11.2. The van der Waals surface area contributed by atoms with Crippen molar-refractivity contribution in [1.82, 2.24) is 9.80 Å². The molecule has 3 nitrogen and oxygen atoms in total. The van der Waals surface area contributed by atoms with Crippen molar-refractivity contribution in [2.45, 2.75) is 13.0 Å². The lowest BCUT2D eigenvalue weighted by Crippen LogP contribution is -2.46. The van der Waals surface area contributed by atoms with E-state index in [2.05, 4.69) is 21.9 Å². The molecule has 0 bridgehead atoms. The third-order valence-electron chi connectivity index (χ3n) is 3.36. The Kier molecular flexibility index (Phi) is 5.00. The van der Waals surface area contributed by atoms with Crippen LogP contribution in [-0.4, -0.2) is 42.5 Å². The van der Waals surface area contributed by atoms with Crippen LogP contribution in [0.4, 0.5) is 0 Å². The summed E-state index contributed by atoms with van der Waals surface area (Å²) in [5.74, 6) is 0. The fraction of sp³-hybridized carbons (Fsp3) is 0.500. The smallest absolute Gasteiger partial charge is 0.0635 e. The third kappa shape index (κ3) is 3.71. The van der Waals surface area contributed by atoms with E-state index in [-0.39, 0.29) is 0 Å². The summed E-state index contributed by atoms with van der Waals surface area (Å²) in [6, 6.07) is 10.2. The number of nitriles is 1. The molecule has 0 aromatic heterocycles. The molecule has 0 saturated carbocycles. The van der Waals surface area contributed by atoms with E-state index in [1.807, 2.05) is 18.2 Å². The predicted molar refractivity (Wildman–Crippen MR) is 73.4 cm³/mol. The average Bonchev–Trinajstić information content (AvgIpc) is 2.41. The second kappa shape index (κ2) is 6.75. The summed E-state index contributed by atoms with van der Waals surface area (Å²) >= 11 is 6.17. The highest BCUT2D eigenvalue weighted by atomic mass is 35.5. The van der Waals surface area contributed by atoms with Gasteiger partial charge >= 0.3 is 0 Å². The van der Waals surface area contributed by atoms with Crippen LogP contribution in [0.2, 0.25) is 5.02 Å². The maximum atomic E-state index is 8.57. The predicted octanol–water partition coefficient (Wildman–Crippen LogP) is 2.37. The largest absolute Gasteiger partial charge is 0.300 e. The molecule has 1 aliphatic heterocycles. The van der Waals surface area contributed by atoms with E-state index in [0.717, 1.165) is 44.3 Å².